The number of unbranched alkanes of at least 4 members (excludes halogenated alkanes) is 2. The lowest BCUT2D eigenvalue weighted by Gasteiger charge is -2.32. The van der Waals surface area contributed by atoms with Gasteiger partial charge in [-0.3, -0.25) is 9.59 Å². The molecule has 0 aromatic heterocycles. The van der Waals surface area contributed by atoms with E-state index >= 15 is 0 Å². The Kier molecular flexibility index (Phi) is 4.68. The minimum atomic E-state index is -0.415. The first-order valence-electron chi connectivity index (χ1n) is 9.03. The van der Waals surface area contributed by atoms with Gasteiger partial charge in [-0.25, -0.2) is 0 Å². The predicted molar refractivity (Wildman–Crippen MR) is 83.6 cm³/mol. The predicted octanol–water partition coefficient (Wildman–Crippen LogP) is 2.71. The Bertz CT molecular complexity index is 476. The second-order valence-electron chi connectivity index (χ2n) is 7.44. The first-order chi connectivity index (χ1) is 11.0. The van der Waals surface area contributed by atoms with Crippen molar-refractivity contribution in [2.75, 3.05) is 13.2 Å². The van der Waals surface area contributed by atoms with E-state index in [2.05, 4.69) is 20.8 Å². The van der Waals surface area contributed by atoms with Crippen molar-refractivity contribution in [2.24, 2.45) is 23.2 Å². The van der Waals surface area contributed by atoms with Gasteiger partial charge in [-0.15, -0.1) is 0 Å². The van der Waals surface area contributed by atoms with Crippen LogP contribution in [0.1, 0.15) is 52.9 Å². The molecule has 1 aliphatic heterocycles. The zero-order valence-electron chi connectivity index (χ0n) is 14.4. The van der Waals surface area contributed by atoms with Gasteiger partial charge in [0.05, 0.1) is 37.3 Å². The highest BCUT2D eigenvalue weighted by molar-refractivity contribution is 5.85. The standard InChI is InChI=1S/C18H28O5/c1-4-6-8-21-16(19)12-11-10-18(3,15-14(11)23-15)13(12)17(20)22-9-7-5-2/h11-15H,4-10H2,1-3H3. The number of fused-ring (bicyclic) bond motifs is 5. The number of esters is 2. The van der Waals surface area contributed by atoms with E-state index in [0.717, 1.165) is 32.1 Å². The highest BCUT2D eigenvalue weighted by Crippen LogP contribution is 2.68. The quantitative estimate of drug-likeness (QED) is 0.390. The normalized spacial score (nSPS) is 39.9. The molecule has 0 aromatic rings. The summed E-state index contributed by atoms with van der Waals surface area (Å²) in [5, 5.41) is 0. The van der Waals surface area contributed by atoms with Gasteiger partial charge < -0.3 is 14.2 Å². The molecule has 6 atom stereocenters. The lowest BCUT2D eigenvalue weighted by Crippen LogP contribution is -2.44. The van der Waals surface area contributed by atoms with Gasteiger partial charge in [-0.1, -0.05) is 33.6 Å². The van der Waals surface area contributed by atoms with E-state index in [0.29, 0.717) is 13.2 Å². The summed E-state index contributed by atoms with van der Waals surface area (Å²) in [4.78, 5) is 25.2. The van der Waals surface area contributed by atoms with Crippen LogP contribution in [0.5, 0.6) is 0 Å². The van der Waals surface area contributed by atoms with Crippen LogP contribution in [-0.2, 0) is 23.8 Å². The van der Waals surface area contributed by atoms with E-state index in [-0.39, 0.29) is 35.5 Å². The Morgan fingerprint density at radius 2 is 1.70 bits per heavy atom. The number of carbonyl (C=O) groups is 2. The lowest BCUT2D eigenvalue weighted by atomic mass is 9.71. The van der Waals surface area contributed by atoms with E-state index in [9.17, 15) is 9.59 Å². The van der Waals surface area contributed by atoms with Crippen molar-refractivity contribution >= 4 is 11.9 Å². The Morgan fingerprint density at radius 3 is 2.30 bits per heavy atom. The van der Waals surface area contributed by atoms with Crippen molar-refractivity contribution in [1.82, 2.24) is 0 Å². The van der Waals surface area contributed by atoms with Gasteiger partial charge >= 0.3 is 11.9 Å². The van der Waals surface area contributed by atoms with Crippen LogP contribution in [-0.4, -0.2) is 37.4 Å². The first kappa shape index (κ1) is 16.7. The average Bonchev–Trinajstić information content (AvgIpc) is 3.21. The minimum Gasteiger partial charge on any atom is -0.465 e. The van der Waals surface area contributed by atoms with Gasteiger partial charge in [0.15, 0.2) is 0 Å². The molecule has 6 unspecified atom stereocenters. The van der Waals surface area contributed by atoms with Gasteiger partial charge in [0, 0.05) is 11.3 Å². The van der Waals surface area contributed by atoms with E-state index in [4.69, 9.17) is 14.2 Å². The highest BCUT2D eigenvalue weighted by Gasteiger charge is 2.76. The van der Waals surface area contributed by atoms with Crippen molar-refractivity contribution in [3.63, 3.8) is 0 Å². The molecule has 3 fully saturated rings. The Labute approximate surface area is 138 Å². The molecular formula is C18H28O5. The summed E-state index contributed by atoms with van der Waals surface area (Å²) >= 11 is 0. The molecule has 1 saturated heterocycles. The zero-order chi connectivity index (χ0) is 16.6. The number of epoxide rings is 1. The van der Waals surface area contributed by atoms with Crippen LogP contribution >= 0.6 is 0 Å². The summed E-state index contributed by atoms with van der Waals surface area (Å²) in [6, 6.07) is 0. The van der Waals surface area contributed by atoms with Crippen molar-refractivity contribution in [2.45, 2.75) is 65.1 Å². The first-order valence-corrected chi connectivity index (χ1v) is 9.03. The summed E-state index contributed by atoms with van der Waals surface area (Å²) in [6.07, 6.45) is 4.80. The highest BCUT2D eigenvalue weighted by atomic mass is 16.6. The van der Waals surface area contributed by atoms with E-state index < -0.39 is 11.8 Å². The molecule has 3 rings (SSSR count). The lowest BCUT2D eigenvalue weighted by molar-refractivity contribution is -0.165. The molecule has 0 radical (unpaired) electrons. The summed E-state index contributed by atoms with van der Waals surface area (Å²) in [5.74, 6) is -1.17. The van der Waals surface area contributed by atoms with E-state index in [1.165, 1.54) is 0 Å². The maximum Gasteiger partial charge on any atom is 0.310 e. The third-order valence-electron chi connectivity index (χ3n) is 5.81. The van der Waals surface area contributed by atoms with Gasteiger partial charge in [0.2, 0.25) is 0 Å². The van der Waals surface area contributed by atoms with Crippen LogP contribution < -0.4 is 0 Å². The molecule has 5 nitrogen and oxygen atoms in total. The van der Waals surface area contributed by atoms with Crippen LogP contribution in [0.25, 0.3) is 0 Å². The van der Waals surface area contributed by atoms with Gasteiger partial charge in [0.25, 0.3) is 0 Å². The number of hydrogen-bond donors (Lipinski definition) is 0. The fourth-order valence-electron chi connectivity index (χ4n) is 4.56. The van der Waals surface area contributed by atoms with E-state index in [1.54, 1.807) is 0 Å². The molecule has 0 spiro atoms. The molecule has 1 heterocycles. The van der Waals surface area contributed by atoms with Crippen LogP contribution in [0.15, 0.2) is 0 Å². The maximum atomic E-state index is 12.6. The average molecular weight is 324 g/mol. The minimum absolute atomic E-state index is 0.114. The van der Waals surface area contributed by atoms with Crippen LogP contribution in [0.4, 0.5) is 0 Å². The molecule has 0 aromatic carbocycles. The molecule has 2 saturated carbocycles. The molecular weight excluding hydrogens is 296 g/mol. The third-order valence-corrected chi connectivity index (χ3v) is 5.81. The molecule has 0 N–H and O–H groups in total. The summed E-state index contributed by atoms with van der Waals surface area (Å²) in [5.41, 5.74) is -0.271. The fraction of sp³-hybridized carbons (Fsp3) is 0.889. The van der Waals surface area contributed by atoms with Crippen molar-refractivity contribution in [3.8, 4) is 0 Å². The number of ether oxygens (including phenoxy) is 3. The smallest absolute Gasteiger partial charge is 0.310 e. The largest absolute Gasteiger partial charge is 0.465 e. The fourth-order valence-corrected chi connectivity index (χ4v) is 4.56. The Hall–Kier alpha value is -1.10. The van der Waals surface area contributed by atoms with Crippen LogP contribution in [0.2, 0.25) is 0 Å². The Balaban J connectivity index is 1.71. The molecule has 23 heavy (non-hydrogen) atoms. The molecule has 130 valence electrons. The van der Waals surface area contributed by atoms with E-state index in [1.807, 2.05) is 0 Å². The van der Waals surface area contributed by atoms with Crippen LogP contribution in [0.3, 0.4) is 0 Å². The summed E-state index contributed by atoms with van der Waals surface area (Å²) in [7, 11) is 0. The number of hydrogen-bond acceptors (Lipinski definition) is 5. The molecule has 2 bridgehead atoms. The topological polar surface area (TPSA) is 65.1 Å². The van der Waals surface area contributed by atoms with Gasteiger partial charge in [-0.2, -0.15) is 0 Å². The SMILES string of the molecule is CCCCOC(=O)C1C2CC(C)(C3OC23)C1C(=O)OCCCC. The number of rotatable bonds is 8. The van der Waals surface area contributed by atoms with Crippen molar-refractivity contribution < 1.29 is 23.8 Å². The monoisotopic (exact) mass is 324 g/mol. The molecule has 5 heteroatoms. The maximum absolute atomic E-state index is 12.6. The second kappa shape index (κ2) is 6.42. The van der Waals surface area contributed by atoms with Crippen LogP contribution in [0, 0.1) is 23.2 Å². The summed E-state index contributed by atoms with van der Waals surface area (Å²) < 4.78 is 16.6. The second-order valence-corrected chi connectivity index (χ2v) is 7.44. The third kappa shape index (κ3) is 2.77. The molecule has 0 amide bonds. The van der Waals surface area contributed by atoms with Gasteiger partial charge in [0.1, 0.15) is 0 Å². The number of carbonyl (C=O) groups excluding carboxylic acids is 2. The van der Waals surface area contributed by atoms with Crippen molar-refractivity contribution in [3.05, 3.63) is 0 Å². The summed E-state index contributed by atoms with van der Waals surface area (Å²) in [6.45, 7) is 7.05. The molecule has 2 aliphatic carbocycles. The zero-order valence-corrected chi connectivity index (χ0v) is 14.4. The Morgan fingerprint density at radius 1 is 1.09 bits per heavy atom. The molecule has 3 aliphatic rings. The van der Waals surface area contributed by atoms with Gasteiger partial charge in [-0.05, 0) is 19.3 Å². The van der Waals surface area contributed by atoms with Crippen molar-refractivity contribution in [1.29, 1.82) is 0 Å².